The van der Waals surface area contributed by atoms with Crippen LogP contribution < -0.4 is 9.47 Å². The summed E-state index contributed by atoms with van der Waals surface area (Å²) in [7, 11) is 0. The van der Waals surface area contributed by atoms with Crippen molar-refractivity contribution in [1.29, 1.82) is 0 Å². The molecular formula is C34H44O4. The highest BCUT2D eigenvalue weighted by molar-refractivity contribution is 5.92. The molecule has 10 rings (SSSR count). The highest BCUT2D eigenvalue weighted by Gasteiger charge is 2.54. The van der Waals surface area contributed by atoms with Crippen LogP contribution >= 0.6 is 0 Å². The number of aliphatic hydroxyl groups excluding tert-OH is 2. The molecule has 8 aliphatic carbocycles. The van der Waals surface area contributed by atoms with Gasteiger partial charge in [-0.3, -0.25) is 0 Å². The number of aliphatic hydroxyl groups is 2. The van der Waals surface area contributed by atoms with Crippen molar-refractivity contribution in [3.63, 3.8) is 0 Å². The van der Waals surface area contributed by atoms with Gasteiger partial charge in [-0.15, -0.1) is 0 Å². The van der Waals surface area contributed by atoms with E-state index < -0.39 is 0 Å². The lowest BCUT2D eigenvalue weighted by atomic mass is 9.47. The SMILES string of the molecule is OCCOc1cc2ccc(C34CC5CC(CC(C5)C3)C4)cc2c(C23CC4CC(CC(C4)C2)C3)c1OCCO. The third-order valence-corrected chi connectivity index (χ3v) is 12.0. The van der Waals surface area contributed by atoms with Gasteiger partial charge in [0, 0.05) is 11.0 Å². The smallest absolute Gasteiger partial charge is 0.165 e. The number of ether oxygens (including phenoxy) is 2. The van der Waals surface area contributed by atoms with E-state index in [1.165, 1.54) is 93.4 Å². The van der Waals surface area contributed by atoms with Gasteiger partial charge in [0.05, 0.1) is 13.2 Å². The maximum absolute atomic E-state index is 9.77. The van der Waals surface area contributed by atoms with Gasteiger partial charge in [-0.25, -0.2) is 0 Å². The van der Waals surface area contributed by atoms with E-state index in [0.717, 1.165) is 47.0 Å². The monoisotopic (exact) mass is 516 g/mol. The molecule has 0 amide bonds. The van der Waals surface area contributed by atoms with Crippen LogP contribution in [0.1, 0.15) is 88.2 Å². The third kappa shape index (κ3) is 3.69. The molecule has 0 aliphatic heterocycles. The second kappa shape index (κ2) is 8.86. The molecule has 0 aromatic heterocycles. The highest BCUT2D eigenvalue weighted by Crippen LogP contribution is 2.65. The number of hydrogen-bond acceptors (Lipinski definition) is 4. The second-order valence-corrected chi connectivity index (χ2v) is 14.6. The third-order valence-electron chi connectivity index (χ3n) is 12.0. The first-order valence-electron chi connectivity index (χ1n) is 15.7. The molecule has 0 heterocycles. The van der Waals surface area contributed by atoms with Gasteiger partial charge in [0.2, 0.25) is 0 Å². The second-order valence-electron chi connectivity index (χ2n) is 14.6. The van der Waals surface area contributed by atoms with E-state index >= 15 is 0 Å². The van der Waals surface area contributed by atoms with Crippen LogP contribution in [0.15, 0.2) is 24.3 Å². The van der Waals surface area contributed by atoms with E-state index in [2.05, 4.69) is 24.3 Å². The summed E-state index contributed by atoms with van der Waals surface area (Å²) in [4.78, 5) is 0. The molecule has 0 radical (unpaired) electrons. The molecule has 38 heavy (non-hydrogen) atoms. The molecule has 0 saturated heterocycles. The minimum absolute atomic E-state index is 0.00882. The maximum atomic E-state index is 9.77. The summed E-state index contributed by atoms with van der Waals surface area (Å²) in [6.07, 6.45) is 16.5. The van der Waals surface area contributed by atoms with Crippen molar-refractivity contribution in [2.45, 2.75) is 87.9 Å². The van der Waals surface area contributed by atoms with Gasteiger partial charge in [-0.1, -0.05) is 18.2 Å². The minimum Gasteiger partial charge on any atom is -0.487 e. The lowest BCUT2D eigenvalue weighted by molar-refractivity contribution is -0.00648. The van der Waals surface area contributed by atoms with Gasteiger partial charge in [0.1, 0.15) is 13.2 Å². The molecule has 8 bridgehead atoms. The van der Waals surface area contributed by atoms with Crippen LogP contribution in [0.5, 0.6) is 11.5 Å². The fourth-order valence-electron chi connectivity index (χ4n) is 11.6. The average Bonchev–Trinajstić information content (AvgIpc) is 2.88. The zero-order valence-corrected chi connectivity index (χ0v) is 22.8. The van der Waals surface area contributed by atoms with Crippen molar-refractivity contribution >= 4 is 10.8 Å². The molecule has 0 atom stereocenters. The summed E-state index contributed by atoms with van der Waals surface area (Å²) in [6.45, 7) is 0.502. The number of fused-ring (bicyclic) bond motifs is 1. The Labute approximate surface area is 227 Å². The molecule has 4 nitrogen and oxygen atoms in total. The Balaban J connectivity index is 1.32. The average molecular weight is 517 g/mol. The minimum atomic E-state index is -0.0187. The zero-order chi connectivity index (χ0) is 25.5. The summed E-state index contributed by atoms with van der Waals surface area (Å²) in [5.74, 6) is 6.87. The first-order chi connectivity index (χ1) is 18.6. The fourth-order valence-corrected chi connectivity index (χ4v) is 11.6. The quantitative estimate of drug-likeness (QED) is 0.420. The molecule has 2 N–H and O–H groups in total. The molecule has 204 valence electrons. The topological polar surface area (TPSA) is 58.9 Å². The molecule has 0 spiro atoms. The van der Waals surface area contributed by atoms with E-state index in [1.54, 1.807) is 5.56 Å². The highest BCUT2D eigenvalue weighted by atomic mass is 16.5. The Morgan fingerprint density at radius 3 is 1.66 bits per heavy atom. The van der Waals surface area contributed by atoms with E-state index in [0.29, 0.717) is 5.41 Å². The van der Waals surface area contributed by atoms with Crippen molar-refractivity contribution in [2.24, 2.45) is 35.5 Å². The summed E-state index contributed by atoms with van der Waals surface area (Å²) in [5, 5.41) is 22.0. The van der Waals surface area contributed by atoms with Crippen LogP contribution in [-0.4, -0.2) is 36.6 Å². The first kappa shape index (κ1) is 24.1. The van der Waals surface area contributed by atoms with E-state index in [-0.39, 0.29) is 31.8 Å². The molecule has 0 unspecified atom stereocenters. The number of hydrogen-bond donors (Lipinski definition) is 2. The van der Waals surface area contributed by atoms with Gasteiger partial charge in [0.25, 0.3) is 0 Å². The van der Waals surface area contributed by atoms with Crippen LogP contribution in [0.3, 0.4) is 0 Å². The van der Waals surface area contributed by atoms with Crippen LogP contribution in [0.4, 0.5) is 0 Å². The molecule has 2 aromatic rings. The molecule has 2 aromatic carbocycles. The maximum Gasteiger partial charge on any atom is 0.165 e. The Hall–Kier alpha value is -1.78. The van der Waals surface area contributed by atoms with Gasteiger partial charge in [-0.05, 0) is 140 Å². The number of benzene rings is 2. The first-order valence-corrected chi connectivity index (χ1v) is 15.7. The zero-order valence-electron chi connectivity index (χ0n) is 22.8. The van der Waals surface area contributed by atoms with Crippen molar-refractivity contribution in [3.05, 3.63) is 35.4 Å². The molecule has 4 heteroatoms. The van der Waals surface area contributed by atoms with Gasteiger partial charge < -0.3 is 19.7 Å². The van der Waals surface area contributed by atoms with Crippen molar-refractivity contribution in [3.8, 4) is 11.5 Å². The van der Waals surface area contributed by atoms with Crippen molar-refractivity contribution in [1.82, 2.24) is 0 Å². The molecule has 8 aliphatic rings. The Kier molecular flexibility index (Phi) is 5.61. The molecular weight excluding hydrogens is 472 g/mol. The molecule has 8 saturated carbocycles. The van der Waals surface area contributed by atoms with Crippen LogP contribution in [0.2, 0.25) is 0 Å². The van der Waals surface area contributed by atoms with Gasteiger partial charge in [-0.2, -0.15) is 0 Å². The normalized spacial score (nSPS) is 40.3. The van der Waals surface area contributed by atoms with Gasteiger partial charge in [0.15, 0.2) is 11.5 Å². The fraction of sp³-hybridized carbons (Fsp3) is 0.706. The predicted molar refractivity (Wildman–Crippen MR) is 149 cm³/mol. The standard InChI is InChI=1S/C34H44O4/c35-3-5-37-30-13-27-1-2-28(33-15-21-7-22(16-33)9-23(8-21)17-33)14-29(27)31(32(30)38-6-4-36)34-18-24-10-25(19-34)12-26(11-24)20-34/h1-2,13-14,21-26,35-36H,3-12,15-20H2. The van der Waals surface area contributed by atoms with E-state index in [9.17, 15) is 10.2 Å². The van der Waals surface area contributed by atoms with E-state index in [4.69, 9.17) is 9.47 Å². The lowest BCUT2D eigenvalue weighted by Crippen LogP contribution is -2.49. The number of rotatable bonds is 8. The van der Waals surface area contributed by atoms with Crippen molar-refractivity contribution in [2.75, 3.05) is 26.4 Å². The Bertz CT molecular complexity index is 1160. The Morgan fingerprint density at radius 1 is 0.632 bits per heavy atom. The lowest BCUT2D eigenvalue weighted by Gasteiger charge is -2.58. The van der Waals surface area contributed by atoms with Gasteiger partial charge >= 0.3 is 0 Å². The largest absolute Gasteiger partial charge is 0.487 e. The molecule has 8 fully saturated rings. The van der Waals surface area contributed by atoms with Crippen molar-refractivity contribution < 1.29 is 19.7 Å². The van der Waals surface area contributed by atoms with Crippen LogP contribution in [0.25, 0.3) is 10.8 Å². The Morgan fingerprint density at radius 2 is 1.13 bits per heavy atom. The summed E-state index contributed by atoms with van der Waals surface area (Å²) in [5.41, 5.74) is 3.45. The van der Waals surface area contributed by atoms with E-state index in [1.807, 2.05) is 0 Å². The summed E-state index contributed by atoms with van der Waals surface area (Å²) >= 11 is 0. The van der Waals surface area contributed by atoms with Crippen LogP contribution in [-0.2, 0) is 10.8 Å². The van der Waals surface area contributed by atoms with Crippen LogP contribution in [0, 0.1) is 35.5 Å². The predicted octanol–water partition coefficient (Wildman–Crippen LogP) is 6.52. The summed E-state index contributed by atoms with van der Waals surface area (Å²) in [6, 6.07) is 9.56. The summed E-state index contributed by atoms with van der Waals surface area (Å²) < 4.78 is 12.6.